The van der Waals surface area contributed by atoms with E-state index < -0.39 is 11.9 Å². The van der Waals surface area contributed by atoms with Crippen molar-refractivity contribution in [3.8, 4) is 0 Å². The van der Waals surface area contributed by atoms with Gasteiger partial charge in [-0.2, -0.15) is 0 Å². The summed E-state index contributed by atoms with van der Waals surface area (Å²) in [7, 11) is 0. The molecule has 0 aromatic heterocycles. The normalized spacial score (nSPS) is 11.7. The maximum atomic E-state index is 10.8. The van der Waals surface area contributed by atoms with Gasteiger partial charge in [0.25, 0.3) is 0 Å². The third kappa shape index (κ3) is 2.10. The van der Waals surface area contributed by atoms with Gasteiger partial charge in [-0.25, -0.2) is 0 Å². The molecule has 14 heavy (non-hydrogen) atoms. The molecule has 0 aliphatic heterocycles. The topological polar surface area (TPSA) is 37.3 Å². The maximum absolute atomic E-state index is 10.8. The molecule has 1 atom stereocenters. The van der Waals surface area contributed by atoms with Gasteiger partial charge in [-0.3, -0.25) is 4.79 Å². The lowest BCUT2D eigenvalue weighted by Crippen LogP contribution is -2.08. The van der Waals surface area contributed by atoms with E-state index in [-0.39, 0.29) is 0 Å². The van der Waals surface area contributed by atoms with E-state index in [2.05, 4.69) is 13.2 Å². The van der Waals surface area contributed by atoms with Crippen LogP contribution in [0.5, 0.6) is 0 Å². The summed E-state index contributed by atoms with van der Waals surface area (Å²) < 4.78 is 0. The molecule has 1 aromatic rings. The van der Waals surface area contributed by atoms with E-state index in [0.717, 1.165) is 11.1 Å². The van der Waals surface area contributed by atoms with E-state index >= 15 is 0 Å². The molecule has 0 aliphatic rings. The number of hydrogen-bond acceptors (Lipinski definition) is 1. The molecule has 2 heteroatoms. The van der Waals surface area contributed by atoms with Crippen LogP contribution in [-0.2, 0) is 4.79 Å². The van der Waals surface area contributed by atoms with E-state index in [1.807, 2.05) is 12.1 Å². The molecule has 0 fully saturated rings. The third-order valence-electron chi connectivity index (χ3n) is 2.03. The molecular weight excluding hydrogens is 176 g/mol. The first-order valence-electron chi connectivity index (χ1n) is 4.26. The monoisotopic (exact) mass is 188 g/mol. The zero-order valence-electron chi connectivity index (χ0n) is 7.81. The van der Waals surface area contributed by atoms with Crippen LogP contribution in [0.3, 0.4) is 0 Å². The van der Waals surface area contributed by atoms with Crippen LogP contribution in [0, 0.1) is 0 Å². The molecule has 1 N–H and O–H groups in total. The van der Waals surface area contributed by atoms with E-state index in [1.54, 1.807) is 18.2 Å². The zero-order chi connectivity index (χ0) is 10.6. The van der Waals surface area contributed by atoms with Crippen molar-refractivity contribution in [2.45, 2.75) is 5.92 Å². The van der Waals surface area contributed by atoms with Gasteiger partial charge in [0.05, 0.1) is 5.92 Å². The minimum absolute atomic E-state index is 0.631. The fourth-order valence-electron chi connectivity index (χ4n) is 1.22. The second kappa shape index (κ2) is 4.42. The molecule has 2 nitrogen and oxygen atoms in total. The van der Waals surface area contributed by atoms with E-state index in [9.17, 15) is 4.79 Å². The minimum atomic E-state index is -0.883. The first-order valence-corrected chi connectivity index (χ1v) is 4.26. The van der Waals surface area contributed by atoms with E-state index in [0.29, 0.717) is 0 Å². The Morgan fingerprint density at radius 1 is 1.29 bits per heavy atom. The van der Waals surface area contributed by atoms with Crippen molar-refractivity contribution in [3.63, 3.8) is 0 Å². The van der Waals surface area contributed by atoms with Gasteiger partial charge in [0.15, 0.2) is 0 Å². The Hall–Kier alpha value is -1.83. The van der Waals surface area contributed by atoms with E-state index in [4.69, 9.17) is 5.11 Å². The van der Waals surface area contributed by atoms with Crippen molar-refractivity contribution in [1.29, 1.82) is 0 Å². The predicted octanol–water partition coefficient (Wildman–Crippen LogP) is 2.68. The molecule has 1 rings (SSSR count). The Balaban J connectivity index is 3.00. The second-order valence-electron chi connectivity index (χ2n) is 2.92. The first kappa shape index (κ1) is 10.3. The summed E-state index contributed by atoms with van der Waals surface area (Å²) in [5.41, 5.74) is 1.71. The summed E-state index contributed by atoms with van der Waals surface area (Å²) in [6.45, 7) is 7.12. The molecule has 0 radical (unpaired) electrons. The van der Waals surface area contributed by atoms with Crippen LogP contribution in [0.1, 0.15) is 17.0 Å². The van der Waals surface area contributed by atoms with Crippen LogP contribution in [0.2, 0.25) is 0 Å². The molecule has 0 bridgehead atoms. The molecule has 72 valence electrons. The largest absolute Gasteiger partial charge is 0.481 e. The van der Waals surface area contributed by atoms with Crippen LogP contribution in [0.4, 0.5) is 0 Å². The average Bonchev–Trinajstić information content (AvgIpc) is 2.19. The van der Waals surface area contributed by atoms with Crippen LogP contribution >= 0.6 is 0 Å². The third-order valence-corrected chi connectivity index (χ3v) is 2.03. The average molecular weight is 188 g/mol. The molecule has 0 aliphatic carbocycles. The number of benzene rings is 1. The lowest BCUT2D eigenvalue weighted by atomic mass is 9.98. The predicted molar refractivity (Wildman–Crippen MR) is 57.1 cm³/mol. The second-order valence-corrected chi connectivity index (χ2v) is 2.92. The number of rotatable bonds is 4. The van der Waals surface area contributed by atoms with Crippen molar-refractivity contribution in [2.75, 3.05) is 0 Å². The van der Waals surface area contributed by atoms with Crippen LogP contribution in [-0.4, -0.2) is 11.1 Å². The Morgan fingerprint density at radius 2 is 1.86 bits per heavy atom. The highest BCUT2D eigenvalue weighted by Gasteiger charge is 2.14. The summed E-state index contributed by atoms with van der Waals surface area (Å²) in [6.07, 6.45) is 3.14. The highest BCUT2D eigenvalue weighted by Crippen LogP contribution is 2.17. The molecule has 0 amide bonds. The number of carboxylic acid groups (broad SMARTS) is 1. The van der Waals surface area contributed by atoms with Crippen molar-refractivity contribution < 1.29 is 9.90 Å². The SMILES string of the molecule is C=Cc1ccc(C(C=C)C(=O)O)cc1. The standard InChI is InChI=1S/C12H12O2/c1-3-9-5-7-10(8-6-9)11(4-2)12(13)14/h3-8,11H,1-2H2,(H,13,14). The van der Waals surface area contributed by atoms with Gasteiger partial charge in [0, 0.05) is 0 Å². The van der Waals surface area contributed by atoms with Gasteiger partial charge in [-0.1, -0.05) is 43.0 Å². The molecule has 0 saturated heterocycles. The molecule has 0 spiro atoms. The van der Waals surface area contributed by atoms with E-state index in [1.165, 1.54) is 6.08 Å². The van der Waals surface area contributed by atoms with Gasteiger partial charge >= 0.3 is 5.97 Å². The first-order chi connectivity index (χ1) is 6.69. The summed E-state index contributed by atoms with van der Waals surface area (Å²) in [6, 6.07) is 7.22. The summed E-state index contributed by atoms with van der Waals surface area (Å²) in [5.74, 6) is -1.51. The number of carboxylic acids is 1. The van der Waals surface area contributed by atoms with Crippen LogP contribution in [0.25, 0.3) is 6.08 Å². The molecule has 1 aromatic carbocycles. The highest BCUT2D eigenvalue weighted by atomic mass is 16.4. The van der Waals surface area contributed by atoms with Gasteiger partial charge < -0.3 is 5.11 Å². The summed E-state index contributed by atoms with van der Waals surface area (Å²) in [5, 5.41) is 8.86. The van der Waals surface area contributed by atoms with Crippen LogP contribution < -0.4 is 0 Å². The quantitative estimate of drug-likeness (QED) is 0.737. The lowest BCUT2D eigenvalue weighted by molar-refractivity contribution is -0.137. The van der Waals surface area contributed by atoms with Crippen molar-refractivity contribution >= 4 is 12.0 Å². The number of carbonyl (C=O) groups is 1. The van der Waals surface area contributed by atoms with Crippen molar-refractivity contribution in [1.82, 2.24) is 0 Å². The highest BCUT2D eigenvalue weighted by molar-refractivity contribution is 5.78. The summed E-state index contributed by atoms with van der Waals surface area (Å²) >= 11 is 0. The fourth-order valence-corrected chi connectivity index (χ4v) is 1.22. The number of aliphatic carboxylic acids is 1. The zero-order valence-corrected chi connectivity index (χ0v) is 7.81. The van der Waals surface area contributed by atoms with Gasteiger partial charge in [0.1, 0.15) is 0 Å². The van der Waals surface area contributed by atoms with Crippen molar-refractivity contribution in [3.05, 3.63) is 54.6 Å². The van der Waals surface area contributed by atoms with Gasteiger partial charge in [-0.15, -0.1) is 6.58 Å². The molecular formula is C12H12O2. The number of hydrogen-bond donors (Lipinski definition) is 1. The maximum Gasteiger partial charge on any atom is 0.314 e. The Labute approximate surface area is 83.2 Å². The Morgan fingerprint density at radius 3 is 2.21 bits per heavy atom. The van der Waals surface area contributed by atoms with Crippen molar-refractivity contribution in [2.24, 2.45) is 0 Å². The lowest BCUT2D eigenvalue weighted by Gasteiger charge is -2.07. The fraction of sp³-hybridized carbons (Fsp3) is 0.0833. The Kier molecular flexibility index (Phi) is 3.24. The van der Waals surface area contributed by atoms with Crippen LogP contribution in [0.15, 0.2) is 43.5 Å². The summed E-state index contributed by atoms with van der Waals surface area (Å²) in [4.78, 5) is 10.8. The van der Waals surface area contributed by atoms with Gasteiger partial charge in [0.2, 0.25) is 0 Å². The minimum Gasteiger partial charge on any atom is -0.481 e. The molecule has 0 heterocycles. The molecule has 0 saturated carbocycles. The Bertz CT molecular complexity index is 349. The molecule has 1 unspecified atom stereocenters. The smallest absolute Gasteiger partial charge is 0.314 e. The van der Waals surface area contributed by atoms with Gasteiger partial charge in [-0.05, 0) is 11.1 Å².